The van der Waals surface area contributed by atoms with E-state index in [9.17, 15) is 5.21 Å². The van der Waals surface area contributed by atoms with Gasteiger partial charge in [-0.25, -0.2) is 0 Å². The zero-order valence-corrected chi connectivity index (χ0v) is 8.04. The Morgan fingerprint density at radius 3 is 3.07 bits per heavy atom. The summed E-state index contributed by atoms with van der Waals surface area (Å²) in [6.45, 7) is 0. The summed E-state index contributed by atoms with van der Waals surface area (Å²) in [5.41, 5.74) is 1.56. The number of hydrogen-bond acceptors (Lipinski definition) is 6. The molecule has 0 aliphatic carbocycles. The highest BCUT2D eigenvalue weighted by Crippen LogP contribution is 2.27. The second kappa shape index (κ2) is 2.52. The molecule has 0 aliphatic rings. The zero-order valence-electron chi connectivity index (χ0n) is 6.47. The molecule has 70 valence electrons. The lowest BCUT2D eigenvalue weighted by Gasteiger charge is -1.89. The molecule has 3 aromatic rings. The molecule has 0 N–H and O–H groups in total. The number of halogens is 1. The van der Waals surface area contributed by atoms with Crippen LogP contribution in [0, 0.1) is 5.21 Å². The summed E-state index contributed by atoms with van der Waals surface area (Å²) in [6.07, 6.45) is 0. The van der Waals surface area contributed by atoms with Gasteiger partial charge in [-0.1, -0.05) is 11.6 Å². The second-order valence-electron chi connectivity index (χ2n) is 2.62. The fourth-order valence-electron chi connectivity index (χ4n) is 1.25. The predicted molar refractivity (Wildman–Crippen MR) is 49.0 cm³/mol. The van der Waals surface area contributed by atoms with Gasteiger partial charge in [-0.3, -0.25) is 4.63 Å². The summed E-state index contributed by atoms with van der Waals surface area (Å²) < 4.78 is 12.4. The molecule has 0 saturated carbocycles. The summed E-state index contributed by atoms with van der Waals surface area (Å²) in [7, 11) is 0. The molecule has 0 saturated heterocycles. The first-order chi connectivity index (χ1) is 6.77. The van der Waals surface area contributed by atoms with Crippen molar-refractivity contribution in [2.45, 2.75) is 0 Å². The molecule has 0 atom stereocenters. The van der Waals surface area contributed by atoms with Crippen LogP contribution >= 0.6 is 23.3 Å². The Bertz CT molecular complexity index is 633. The van der Waals surface area contributed by atoms with Crippen molar-refractivity contribution in [3.63, 3.8) is 0 Å². The van der Waals surface area contributed by atoms with Gasteiger partial charge in [0.2, 0.25) is 0 Å². The fourth-order valence-corrected chi connectivity index (χ4v) is 2.10. The molecule has 0 aliphatic heterocycles. The third kappa shape index (κ3) is 0.851. The van der Waals surface area contributed by atoms with E-state index in [1.54, 1.807) is 0 Å². The van der Waals surface area contributed by atoms with E-state index in [1.807, 2.05) is 0 Å². The third-order valence-electron chi connectivity index (χ3n) is 1.84. The van der Waals surface area contributed by atoms with Crippen molar-refractivity contribution >= 4 is 45.4 Å². The first kappa shape index (κ1) is 7.89. The van der Waals surface area contributed by atoms with Gasteiger partial charge in [0.05, 0.1) is 16.8 Å². The molecule has 0 unspecified atom stereocenters. The van der Waals surface area contributed by atoms with Crippen molar-refractivity contribution in [3.8, 4) is 0 Å². The number of rotatable bonds is 0. The van der Waals surface area contributed by atoms with Crippen LogP contribution in [0.25, 0.3) is 22.1 Å². The van der Waals surface area contributed by atoms with E-state index in [1.165, 1.54) is 6.07 Å². The normalized spacial score (nSPS) is 11.5. The number of fused-ring (bicyclic) bond motifs is 3. The number of nitrogens with zero attached hydrogens (tertiary/aromatic N) is 4. The van der Waals surface area contributed by atoms with Crippen LogP contribution in [0.5, 0.6) is 0 Å². The maximum absolute atomic E-state index is 11.2. The highest BCUT2D eigenvalue weighted by Gasteiger charge is 2.19. The molecule has 0 radical (unpaired) electrons. The fraction of sp³-hybridized carbons (Fsp3) is 0. The third-order valence-corrected chi connectivity index (χ3v) is 2.66. The van der Waals surface area contributed by atoms with Crippen LogP contribution in [-0.4, -0.2) is 13.9 Å². The summed E-state index contributed by atoms with van der Waals surface area (Å²) in [4.78, 5) is 0.301. The van der Waals surface area contributed by atoms with Crippen molar-refractivity contribution in [2.24, 2.45) is 0 Å². The second-order valence-corrected chi connectivity index (χ2v) is 3.55. The molecule has 8 heteroatoms. The molecule has 14 heavy (non-hydrogen) atoms. The van der Waals surface area contributed by atoms with Crippen LogP contribution in [0.3, 0.4) is 0 Å². The number of aromatic nitrogens is 4. The Hall–Kier alpha value is -1.47. The first-order valence-electron chi connectivity index (χ1n) is 3.57. The maximum Gasteiger partial charge on any atom is 0.254 e. The molecule has 3 rings (SSSR count). The lowest BCUT2D eigenvalue weighted by atomic mass is 10.2. The highest BCUT2D eigenvalue weighted by molar-refractivity contribution is 7.00. The van der Waals surface area contributed by atoms with Crippen molar-refractivity contribution in [1.82, 2.24) is 13.9 Å². The Morgan fingerprint density at radius 2 is 2.21 bits per heavy atom. The molecular formula is C6HClN4O2S. The first-order valence-corrected chi connectivity index (χ1v) is 4.68. The largest absolute Gasteiger partial charge is 0.359 e. The van der Waals surface area contributed by atoms with Crippen LogP contribution in [0.1, 0.15) is 0 Å². The van der Waals surface area contributed by atoms with E-state index in [4.69, 9.17) is 11.6 Å². The molecule has 0 fully saturated rings. The van der Waals surface area contributed by atoms with E-state index in [0.29, 0.717) is 26.5 Å². The number of hydrogen-bond donors (Lipinski definition) is 0. The minimum Gasteiger partial charge on any atom is -0.359 e. The van der Waals surface area contributed by atoms with Crippen molar-refractivity contribution in [3.05, 3.63) is 16.3 Å². The summed E-state index contributed by atoms with van der Waals surface area (Å²) in [5.74, 6) is 0. The van der Waals surface area contributed by atoms with E-state index in [0.717, 1.165) is 11.7 Å². The predicted octanol–water partition coefficient (Wildman–Crippen LogP) is 1.12. The highest BCUT2D eigenvalue weighted by atomic mass is 35.5. The van der Waals surface area contributed by atoms with Crippen molar-refractivity contribution in [2.75, 3.05) is 0 Å². The molecule has 6 nitrogen and oxygen atoms in total. The van der Waals surface area contributed by atoms with Crippen LogP contribution in [-0.2, 0) is 0 Å². The minimum atomic E-state index is 0.262. The smallest absolute Gasteiger partial charge is 0.254 e. The van der Waals surface area contributed by atoms with E-state index in [-0.39, 0.29) is 5.52 Å². The SMILES string of the molecule is [O-][n+]1onc2cc(Cl)c3nsnc3c21. The molecule has 2 heterocycles. The van der Waals surface area contributed by atoms with E-state index < -0.39 is 0 Å². The monoisotopic (exact) mass is 228 g/mol. The molecule has 0 bridgehead atoms. The van der Waals surface area contributed by atoms with Crippen LogP contribution in [0.15, 0.2) is 10.7 Å². The van der Waals surface area contributed by atoms with E-state index in [2.05, 4.69) is 18.5 Å². The van der Waals surface area contributed by atoms with Gasteiger partial charge >= 0.3 is 0 Å². The number of benzene rings is 1. The van der Waals surface area contributed by atoms with Crippen molar-refractivity contribution in [1.29, 1.82) is 0 Å². The quantitative estimate of drug-likeness (QED) is 0.539. The van der Waals surface area contributed by atoms with Gasteiger partial charge in [0.15, 0.2) is 5.52 Å². The average molecular weight is 229 g/mol. The van der Waals surface area contributed by atoms with Gasteiger partial charge in [-0.2, -0.15) is 8.75 Å². The molecule has 0 amide bonds. The molecule has 2 aromatic heterocycles. The topological polar surface area (TPSA) is 78.8 Å². The van der Waals surface area contributed by atoms with Gasteiger partial charge in [-0.15, -0.1) is 0 Å². The Morgan fingerprint density at radius 1 is 1.43 bits per heavy atom. The maximum atomic E-state index is 11.2. The molecule has 1 aromatic carbocycles. The van der Waals surface area contributed by atoms with Gasteiger partial charge in [0.25, 0.3) is 11.0 Å². The lowest BCUT2D eigenvalue weighted by Crippen LogP contribution is -2.22. The summed E-state index contributed by atoms with van der Waals surface area (Å²) >= 11 is 6.89. The minimum absolute atomic E-state index is 0.262. The van der Waals surface area contributed by atoms with Crippen LogP contribution in [0.4, 0.5) is 0 Å². The van der Waals surface area contributed by atoms with Gasteiger partial charge in [-0.05, 0) is 4.90 Å². The Labute approximate surface area is 85.6 Å². The van der Waals surface area contributed by atoms with Crippen LogP contribution in [0.2, 0.25) is 5.02 Å². The zero-order chi connectivity index (χ0) is 9.71. The van der Waals surface area contributed by atoms with E-state index >= 15 is 0 Å². The Kier molecular flexibility index (Phi) is 1.42. The Balaban J connectivity index is 2.69. The van der Waals surface area contributed by atoms with Gasteiger partial charge in [0, 0.05) is 11.2 Å². The summed E-state index contributed by atoms with van der Waals surface area (Å²) in [6, 6.07) is 1.53. The molecule has 0 spiro atoms. The van der Waals surface area contributed by atoms with Crippen molar-refractivity contribution < 1.29 is 9.53 Å². The van der Waals surface area contributed by atoms with Gasteiger partial charge in [0.1, 0.15) is 5.52 Å². The standard InChI is InChI=1S/C6HClN4O2S/c7-2-1-3-6(11(12)13-8-3)5-4(2)9-14-10-5/h1H. The lowest BCUT2D eigenvalue weighted by molar-refractivity contribution is -0.781. The van der Waals surface area contributed by atoms with Crippen LogP contribution < -0.4 is 4.90 Å². The summed E-state index contributed by atoms with van der Waals surface area (Å²) in [5, 5.41) is 15.1. The average Bonchev–Trinajstić information content (AvgIpc) is 2.72. The van der Waals surface area contributed by atoms with Gasteiger partial charge < -0.3 is 5.21 Å². The molecular weight excluding hydrogens is 228 g/mol.